The molecule has 1 rings (SSSR count). The summed E-state index contributed by atoms with van der Waals surface area (Å²) in [4.78, 5) is 0. The zero-order valence-corrected chi connectivity index (χ0v) is 6.88. The topological polar surface area (TPSA) is 49.6 Å². The first-order valence-electron chi connectivity index (χ1n) is 2.64. The number of aryl methyl sites for hydroxylation is 1. The van der Waals surface area contributed by atoms with E-state index in [0.717, 1.165) is 5.69 Å². The molecule has 0 saturated carbocycles. The molecule has 0 amide bonds. The first-order valence-corrected chi connectivity index (χ1v) is 3.43. The molecule has 0 aromatic carbocycles. The summed E-state index contributed by atoms with van der Waals surface area (Å²) in [7, 11) is 0. The molecular weight excluding hydrogens is 194 g/mol. The lowest BCUT2D eigenvalue weighted by Gasteiger charge is -1.92. The van der Waals surface area contributed by atoms with Gasteiger partial charge in [-0.25, -0.2) is 0 Å². The normalized spacial score (nSPS) is 8.90. The van der Waals surface area contributed by atoms with Crippen LogP contribution in [-0.4, -0.2) is 10.2 Å². The maximum absolute atomic E-state index is 8.43. The van der Waals surface area contributed by atoms with Gasteiger partial charge >= 0.3 is 0 Å². The second-order valence-electron chi connectivity index (χ2n) is 1.79. The van der Waals surface area contributed by atoms with Crippen LogP contribution in [0.2, 0.25) is 0 Å². The van der Waals surface area contributed by atoms with E-state index in [1.807, 2.05) is 13.0 Å². The molecule has 1 aromatic rings. The molecule has 10 heavy (non-hydrogen) atoms. The van der Waals surface area contributed by atoms with E-state index in [1.165, 1.54) is 0 Å². The van der Waals surface area contributed by atoms with Crippen molar-refractivity contribution in [1.82, 2.24) is 10.2 Å². The molecule has 0 fully saturated rings. The molecule has 0 aliphatic heterocycles. The average molecular weight is 198 g/mol. The van der Waals surface area contributed by atoms with Crippen LogP contribution in [0.1, 0.15) is 11.4 Å². The van der Waals surface area contributed by atoms with Crippen LogP contribution in [0.25, 0.3) is 0 Å². The zero-order valence-electron chi connectivity index (χ0n) is 5.30. The Hall–Kier alpha value is -0.950. The highest BCUT2D eigenvalue weighted by molar-refractivity contribution is 9.10. The number of aromatic nitrogens is 2. The monoisotopic (exact) mass is 197 g/mol. The summed E-state index contributed by atoms with van der Waals surface area (Å²) >= 11 is 3.18. The van der Waals surface area contributed by atoms with Gasteiger partial charge in [0.2, 0.25) is 0 Å². The number of nitriles is 1. The van der Waals surface area contributed by atoms with E-state index >= 15 is 0 Å². The Kier molecular flexibility index (Phi) is 1.97. The van der Waals surface area contributed by atoms with E-state index in [1.54, 1.807) is 6.07 Å². The Balaban J connectivity index is 3.23. The lowest BCUT2D eigenvalue weighted by atomic mass is 10.4. The molecule has 1 heterocycles. The summed E-state index contributed by atoms with van der Waals surface area (Å²) in [6.45, 7) is 1.82. The molecule has 0 N–H and O–H groups in total. The van der Waals surface area contributed by atoms with Crippen molar-refractivity contribution in [2.75, 3.05) is 0 Å². The third-order valence-corrected chi connectivity index (χ3v) is 1.58. The van der Waals surface area contributed by atoms with Crippen LogP contribution < -0.4 is 0 Å². The highest BCUT2D eigenvalue weighted by Gasteiger charge is 1.99. The van der Waals surface area contributed by atoms with Gasteiger partial charge in [-0.3, -0.25) is 0 Å². The van der Waals surface area contributed by atoms with Crippen LogP contribution in [0.15, 0.2) is 10.5 Å². The minimum atomic E-state index is 0.325. The third kappa shape index (κ3) is 1.31. The Bertz CT molecular complexity index is 290. The number of rotatable bonds is 0. The van der Waals surface area contributed by atoms with Crippen LogP contribution >= 0.6 is 15.9 Å². The molecule has 1 aromatic heterocycles. The summed E-state index contributed by atoms with van der Waals surface area (Å²) in [5.74, 6) is 0. The molecule has 0 atom stereocenters. The molecule has 0 aliphatic carbocycles. The van der Waals surface area contributed by atoms with Crippen molar-refractivity contribution >= 4 is 15.9 Å². The minimum Gasteiger partial charge on any atom is -0.191 e. The summed E-state index contributed by atoms with van der Waals surface area (Å²) in [5, 5.41) is 15.8. The van der Waals surface area contributed by atoms with Gasteiger partial charge in [-0.15, -0.1) is 5.10 Å². The van der Waals surface area contributed by atoms with Crippen LogP contribution in [-0.2, 0) is 0 Å². The first kappa shape index (κ1) is 7.16. The molecule has 0 radical (unpaired) electrons. The minimum absolute atomic E-state index is 0.325. The Morgan fingerprint density at radius 3 is 2.80 bits per heavy atom. The second-order valence-corrected chi connectivity index (χ2v) is 2.65. The maximum Gasteiger partial charge on any atom is 0.177 e. The van der Waals surface area contributed by atoms with Crippen molar-refractivity contribution in [2.45, 2.75) is 6.92 Å². The second kappa shape index (κ2) is 2.76. The molecule has 0 spiro atoms. The van der Waals surface area contributed by atoms with Crippen molar-refractivity contribution < 1.29 is 0 Å². The third-order valence-electron chi connectivity index (χ3n) is 0.975. The van der Waals surface area contributed by atoms with Gasteiger partial charge < -0.3 is 0 Å². The molecular formula is C6H4BrN3. The quantitative estimate of drug-likeness (QED) is 0.633. The zero-order chi connectivity index (χ0) is 7.56. The summed E-state index contributed by atoms with van der Waals surface area (Å²) in [6, 6.07) is 3.66. The predicted octanol–water partition coefficient (Wildman–Crippen LogP) is 1.42. The summed E-state index contributed by atoms with van der Waals surface area (Å²) in [5.41, 5.74) is 1.12. The average Bonchev–Trinajstić information content (AvgIpc) is 1.88. The molecule has 0 unspecified atom stereocenters. The van der Waals surface area contributed by atoms with Gasteiger partial charge in [0.1, 0.15) is 6.07 Å². The fraction of sp³-hybridized carbons (Fsp3) is 0.167. The lowest BCUT2D eigenvalue weighted by molar-refractivity contribution is 0.956. The maximum atomic E-state index is 8.43. The van der Waals surface area contributed by atoms with E-state index in [2.05, 4.69) is 26.1 Å². The van der Waals surface area contributed by atoms with E-state index in [4.69, 9.17) is 5.26 Å². The van der Waals surface area contributed by atoms with Crippen LogP contribution in [0.5, 0.6) is 0 Å². The SMILES string of the molecule is Cc1cc(Br)c(C#N)nn1. The standard InChI is InChI=1S/C6H4BrN3/c1-4-2-5(7)6(3-8)10-9-4/h2H,1H3. The summed E-state index contributed by atoms with van der Waals surface area (Å²) < 4.78 is 0.697. The number of hydrogen-bond acceptors (Lipinski definition) is 3. The summed E-state index contributed by atoms with van der Waals surface area (Å²) in [6.07, 6.45) is 0. The van der Waals surface area contributed by atoms with E-state index in [-0.39, 0.29) is 0 Å². The van der Waals surface area contributed by atoms with Crippen molar-refractivity contribution in [3.63, 3.8) is 0 Å². The molecule has 4 heteroatoms. The van der Waals surface area contributed by atoms with Gasteiger partial charge in [-0.05, 0) is 28.9 Å². The van der Waals surface area contributed by atoms with Gasteiger partial charge in [0, 0.05) is 0 Å². The Labute approximate surface area is 66.8 Å². The van der Waals surface area contributed by atoms with Gasteiger partial charge in [0.25, 0.3) is 0 Å². The van der Waals surface area contributed by atoms with Gasteiger partial charge in [-0.1, -0.05) is 0 Å². The predicted molar refractivity (Wildman–Crippen MR) is 39.2 cm³/mol. The van der Waals surface area contributed by atoms with Crippen LogP contribution in [0, 0.1) is 18.3 Å². The highest BCUT2D eigenvalue weighted by atomic mass is 79.9. The highest BCUT2D eigenvalue weighted by Crippen LogP contribution is 2.12. The van der Waals surface area contributed by atoms with Crippen molar-refractivity contribution in [3.8, 4) is 6.07 Å². The molecule has 0 bridgehead atoms. The van der Waals surface area contributed by atoms with Crippen molar-refractivity contribution in [2.24, 2.45) is 0 Å². The Morgan fingerprint density at radius 2 is 2.30 bits per heavy atom. The molecule has 50 valence electrons. The smallest absolute Gasteiger partial charge is 0.177 e. The lowest BCUT2D eigenvalue weighted by Crippen LogP contribution is -1.90. The number of hydrogen-bond donors (Lipinski definition) is 0. The van der Waals surface area contributed by atoms with Gasteiger partial charge in [0.05, 0.1) is 10.2 Å². The molecule has 0 aliphatic rings. The van der Waals surface area contributed by atoms with Crippen molar-refractivity contribution in [3.05, 3.63) is 21.9 Å². The first-order chi connectivity index (χ1) is 4.74. The van der Waals surface area contributed by atoms with Gasteiger partial charge in [0.15, 0.2) is 5.69 Å². The van der Waals surface area contributed by atoms with Crippen molar-refractivity contribution in [1.29, 1.82) is 5.26 Å². The van der Waals surface area contributed by atoms with Crippen LogP contribution in [0.4, 0.5) is 0 Å². The van der Waals surface area contributed by atoms with Crippen LogP contribution in [0.3, 0.4) is 0 Å². The van der Waals surface area contributed by atoms with Gasteiger partial charge in [-0.2, -0.15) is 10.4 Å². The largest absolute Gasteiger partial charge is 0.191 e. The number of halogens is 1. The fourth-order valence-electron chi connectivity index (χ4n) is 0.533. The fourth-order valence-corrected chi connectivity index (χ4v) is 1.03. The van der Waals surface area contributed by atoms with E-state index < -0.39 is 0 Å². The van der Waals surface area contributed by atoms with E-state index in [0.29, 0.717) is 10.2 Å². The van der Waals surface area contributed by atoms with E-state index in [9.17, 15) is 0 Å². The Morgan fingerprint density at radius 1 is 1.60 bits per heavy atom. The number of nitrogens with zero attached hydrogens (tertiary/aromatic N) is 3. The molecule has 3 nitrogen and oxygen atoms in total. The molecule has 0 saturated heterocycles.